The van der Waals surface area contributed by atoms with Gasteiger partial charge < -0.3 is 0 Å². The van der Waals surface area contributed by atoms with E-state index in [0.717, 1.165) is 0 Å². The second-order valence-corrected chi connectivity index (χ2v) is 0. The first-order valence-electron chi connectivity index (χ1n) is 0. The van der Waals surface area contributed by atoms with E-state index in [2.05, 4.69) is 0 Å². The Kier molecular flexibility index (Phi) is 8160. The Morgan fingerprint density at radius 2 is 0.273 bits per heavy atom. The summed E-state index contributed by atoms with van der Waals surface area (Å²) in [6.45, 7) is 0. The van der Waals surface area contributed by atoms with Crippen LogP contribution < -0.4 is 0 Å². The van der Waals surface area contributed by atoms with Gasteiger partial charge in [-0.25, -0.2) is 0 Å². The first-order valence-corrected chi connectivity index (χ1v) is 0. The molecule has 0 amide bonds. The average Bonchev–Trinajstić information content (AvgIpc) is 0. The van der Waals surface area contributed by atoms with Crippen molar-refractivity contribution >= 4 is 116 Å². The van der Waals surface area contributed by atoms with Crippen LogP contribution in [0.1, 0.15) is 0 Å². The summed E-state index contributed by atoms with van der Waals surface area (Å²) >= 11 is 0. The molecule has 0 aromatic carbocycles. The number of rotatable bonds is 0. The van der Waals surface area contributed by atoms with Crippen LogP contribution in [0.2, 0.25) is 0 Å². The summed E-state index contributed by atoms with van der Waals surface area (Å²) in [5.74, 6) is 0. The first-order chi connectivity index (χ1) is 0. The van der Waals surface area contributed by atoms with Crippen molar-refractivity contribution in [1.29, 1.82) is 0 Å². The molecule has 0 bridgehead atoms. The summed E-state index contributed by atoms with van der Waals surface area (Å²) in [6, 6.07) is 0. The van der Waals surface area contributed by atoms with Crippen LogP contribution in [-0.2, 0) is 0 Å². The van der Waals surface area contributed by atoms with Crippen LogP contribution in [0.5, 0.6) is 0 Å². The van der Waals surface area contributed by atoms with Crippen molar-refractivity contribution < 1.29 is 0 Å². The molecule has 0 heterocycles. The Morgan fingerprint density at radius 1 is 0.273 bits per heavy atom. The quantitative estimate of drug-likeness (QED) is 0.370. The molecule has 10 heteroatoms. The second kappa shape index (κ2) is 265. The number of hydrogen-bond donors (Lipinski definition) is 0. The van der Waals surface area contributed by atoms with Crippen LogP contribution in [0.3, 0.4) is 0 Å². The van der Waals surface area contributed by atoms with Gasteiger partial charge in [0.2, 0.25) is 0 Å². The Labute approximate surface area is 123 Å². The summed E-state index contributed by atoms with van der Waals surface area (Å²) in [4.78, 5) is 0. The molecule has 80 valence electrons. The standard InChI is InChI=1S/C.Ge.9H4Si/h;;9*1H4. The van der Waals surface area contributed by atoms with Gasteiger partial charge in [-0.1, -0.05) is 0 Å². The van der Waals surface area contributed by atoms with Crippen LogP contribution in [0.25, 0.3) is 0 Å². The third-order valence-corrected chi connectivity index (χ3v) is 0. The Hall–Kier alpha value is 2.49. The molecule has 0 aromatic heterocycles. The smallest absolute Gasteiger partial charge is 0 e. The van der Waals surface area contributed by atoms with Crippen LogP contribution in [0.4, 0.5) is 0 Å². The summed E-state index contributed by atoms with van der Waals surface area (Å²) in [6.07, 6.45) is 0. The van der Waals surface area contributed by atoms with E-state index < -0.39 is 0 Å². The minimum absolute atomic E-state index is 0. The minimum atomic E-state index is 0. The van der Waals surface area contributed by atoms with E-state index in [1.807, 2.05) is 0 Å². The van der Waals surface area contributed by atoms with Gasteiger partial charge in [-0.2, -0.15) is 0 Å². The molecule has 0 saturated heterocycles. The van der Waals surface area contributed by atoms with Gasteiger partial charge in [0.25, 0.3) is 0 Å². The maximum Gasteiger partial charge on any atom is 0 e. The molecule has 0 aliphatic carbocycles. The van der Waals surface area contributed by atoms with E-state index in [0.29, 0.717) is 0 Å². The Balaban J connectivity index is 0. The van der Waals surface area contributed by atoms with Crippen LogP contribution in [0, 0.1) is 7.43 Å². The molecule has 0 fully saturated rings. The van der Waals surface area contributed by atoms with E-state index in [1.165, 1.54) is 0 Å². The van der Waals surface area contributed by atoms with E-state index in [-0.39, 0.29) is 124 Å². The van der Waals surface area contributed by atoms with Gasteiger partial charge in [-0.05, 0) is 98.7 Å². The molecule has 0 unspecified atom stereocenters. The molecule has 0 N–H and O–H groups in total. The normalized spacial score (nSPS) is 0. The average molecular weight is 374 g/mol. The fraction of sp³-hybridized carbons (Fsp3) is 0. The minimum Gasteiger partial charge on any atom is -0.0149 e. The molecule has 11 heavy (non-hydrogen) atoms. The molecule has 0 aliphatic rings. The van der Waals surface area contributed by atoms with Crippen LogP contribution in [-0.4, -0.2) is 116 Å². The maximum atomic E-state index is 0. The monoisotopic (exact) mass is 374 g/mol. The van der Waals surface area contributed by atoms with Crippen molar-refractivity contribution in [2.75, 3.05) is 0 Å². The van der Waals surface area contributed by atoms with Gasteiger partial charge in [-0.15, -0.1) is 0 Å². The van der Waals surface area contributed by atoms with Crippen molar-refractivity contribution in [3.63, 3.8) is 0 Å². The third-order valence-electron chi connectivity index (χ3n) is 0. The summed E-state index contributed by atoms with van der Waals surface area (Å²) in [5.41, 5.74) is 0. The van der Waals surface area contributed by atoms with Crippen LogP contribution >= 0.6 is 0 Å². The molecule has 0 saturated carbocycles. The Bertz CT molecular complexity index is 9.52. The largest absolute Gasteiger partial charge is 0.0149 e. The molecule has 0 spiro atoms. The SMILES string of the molecule is [C].[Ge].[SiH4].[SiH4].[SiH4].[SiH4].[SiH4].[SiH4].[SiH4].[SiH4].[SiH4]. The fourth-order valence-corrected chi connectivity index (χ4v) is 0. The molecule has 0 rings (SSSR count). The van der Waals surface area contributed by atoms with Gasteiger partial charge in [0.05, 0.1) is 0 Å². The number of hydrogen-bond acceptors (Lipinski definition) is 0. The predicted molar refractivity (Wildman–Crippen MR) is 111 cm³/mol. The third kappa shape index (κ3) is 221. The van der Waals surface area contributed by atoms with Crippen molar-refractivity contribution in [1.82, 2.24) is 0 Å². The topological polar surface area (TPSA) is 0 Å². The van der Waals surface area contributed by atoms with Gasteiger partial charge in [0.1, 0.15) is 0 Å². The zero-order valence-electron chi connectivity index (χ0n) is 1.00. The van der Waals surface area contributed by atoms with E-state index in [4.69, 9.17) is 0 Å². The van der Waals surface area contributed by atoms with E-state index in [1.54, 1.807) is 0 Å². The van der Waals surface area contributed by atoms with Crippen LogP contribution in [0.15, 0.2) is 0 Å². The van der Waals surface area contributed by atoms with Crippen molar-refractivity contribution in [2.24, 2.45) is 0 Å². The molecule has 0 atom stereocenters. The summed E-state index contributed by atoms with van der Waals surface area (Å²) in [5, 5.41) is 0. The van der Waals surface area contributed by atoms with Crippen molar-refractivity contribution in [2.45, 2.75) is 0 Å². The van der Waals surface area contributed by atoms with Gasteiger partial charge >= 0.3 is 0 Å². The molecule has 0 nitrogen and oxygen atoms in total. The van der Waals surface area contributed by atoms with Crippen molar-refractivity contribution in [3.8, 4) is 0 Å². The van der Waals surface area contributed by atoms with Crippen molar-refractivity contribution in [3.05, 3.63) is 7.43 Å². The molecule has 0 aliphatic heterocycles. The Morgan fingerprint density at radius 3 is 0.273 bits per heavy atom. The van der Waals surface area contributed by atoms with Gasteiger partial charge in [0, 0.05) is 25.0 Å². The van der Waals surface area contributed by atoms with E-state index in [9.17, 15) is 0 Å². The zero-order valence-corrected chi connectivity index (χ0v) is 3.10. The van der Waals surface area contributed by atoms with E-state index >= 15 is 0 Å². The van der Waals surface area contributed by atoms with Gasteiger partial charge in [0.15, 0.2) is 0 Å². The second-order valence-electron chi connectivity index (χ2n) is 0. The maximum absolute atomic E-state index is 0. The first kappa shape index (κ1) is 338. The van der Waals surface area contributed by atoms with Gasteiger partial charge in [-0.3, -0.25) is 0 Å². The molecular weight excluding hydrogens is 337 g/mol. The molecule has 8 radical (unpaired) electrons. The summed E-state index contributed by atoms with van der Waals surface area (Å²) in [7, 11) is 0. The molecule has 0 aromatic rings. The zero-order chi connectivity index (χ0) is 0. The summed E-state index contributed by atoms with van der Waals surface area (Å²) < 4.78 is 0. The predicted octanol–water partition coefficient (Wildman–Crippen LogP) is -13.4. The fourth-order valence-electron chi connectivity index (χ4n) is 0. The molecular formula is CH36GeSi9.